The summed E-state index contributed by atoms with van der Waals surface area (Å²) in [6, 6.07) is 17.6. The molecule has 0 spiro atoms. The summed E-state index contributed by atoms with van der Waals surface area (Å²) in [5.74, 6) is -1.40. The van der Waals surface area contributed by atoms with Crippen molar-refractivity contribution in [1.29, 1.82) is 0 Å². The summed E-state index contributed by atoms with van der Waals surface area (Å²) in [5, 5.41) is -4.40. The normalized spacial score (nSPS) is 21.3. The lowest BCUT2D eigenvalue weighted by Gasteiger charge is -2.08. The number of alkyl halides is 3. The van der Waals surface area contributed by atoms with Gasteiger partial charge < -0.3 is 4.74 Å². The third-order valence-corrected chi connectivity index (χ3v) is 5.84. The van der Waals surface area contributed by atoms with Crippen LogP contribution >= 0.6 is 23.2 Å². The Morgan fingerprint density at radius 1 is 1.14 bits per heavy atom. The van der Waals surface area contributed by atoms with E-state index in [9.17, 15) is 13.6 Å². The standard InChI is InChI=1S/C22H20Cl2F2O2/c1-21(2)17(12-18(23)22(24,25)26)19(21)20(27)28-13-14-7-6-10-16(11-14)15-8-4-3-5-9-15/h3-12,17,19H,13H2,1-2H3. The molecule has 1 aliphatic carbocycles. The van der Waals surface area contributed by atoms with Crippen LogP contribution < -0.4 is 0 Å². The second-order valence-electron chi connectivity index (χ2n) is 7.51. The van der Waals surface area contributed by atoms with Gasteiger partial charge in [0.2, 0.25) is 0 Å². The quantitative estimate of drug-likeness (QED) is 0.384. The van der Waals surface area contributed by atoms with Crippen LogP contribution in [0, 0.1) is 17.3 Å². The first kappa shape index (κ1) is 20.8. The van der Waals surface area contributed by atoms with Gasteiger partial charge in [-0.2, -0.15) is 8.78 Å². The fraction of sp³-hybridized carbons (Fsp3) is 0.318. The first-order valence-electron chi connectivity index (χ1n) is 8.86. The van der Waals surface area contributed by atoms with Crippen LogP contribution in [0.25, 0.3) is 11.1 Å². The summed E-state index contributed by atoms with van der Waals surface area (Å²) >= 11 is 10.5. The van der Waals surface area contributed by atoms with Gasteiger partial charge in [-0.05, 0) is 45.7 Å². The van der Waals surface area contributed by atoms with E-state index < -0.39 is 33.6 Å². The summed E-state index contributed by atoms with van der Waals surface area (Å²) < 4.78 is 31.6. The molecular formula is C22H20Cl2F2O2. The second kappa shape index (κ2) is 7.84. The van der Waals surface area contributed by atoms with Crippen LogP contribution in [0.2, 0.25) is 0 Å². The minimum atomic E-state index is -3.63. The third kappa shape index (κ3) is 4.56. The van der Waals surface area contributed by atoms with Crippen molar-refractivity contribution in [2.75, 3.05) is 0 Å². The van der Waals surface area contributed by atoms with E-state index in [1.165, 1.54) is 0 Å². The highest BCUT2D eigenvalue weighted by Gasteiger charge is 2.62. The van der Waals surface area contributed by atoms with E-state index in [4.69, 9.17) is 27.9 Å². The molecule has 2 atom stereocenters. The highest BCUT2D eigenvalue weighted by molar-refractivity contribution is 6.38. The molecule has 0 heterocycles. The van der Waals surface area contributed by atoms with E-state index in [0.29, 0.717) is 0 Å². The van der Waals surface area contributed by atoms with Crippen molar-refractivity contribution < 1.29 is 18.3 Å². The topological polar surface area (TPSA) is 26.3 Å². The van der Waals surface area contributed by atoms with Crippen molar-refractivity contribution in [3.63, 3.8) is 0 Å². The number of benzene rings is 2. The lowest BCUT2D eigenvalue weighted by atomic mass is 10.0. The molecule has 1 aliphatic rings. The van der Waals surface area contributed by atoms with E-state index in [2.05, 4.69) is 0 Å². The van der Waals surface area contributed by atoms with Crippen LogP contribution in [-0.2, 0) is 16.1 Å². The zero-order valence-electron chi connectivity index (χ0n) is 15.5. The fourth-order valence-electron chi connectivity index (χ4n) is 3.41. The van der Waals surface area contributed by atoms with Crippen LogP contribution in [0.15, 0.2) is 65.7 Å². The SMILES string of the molecule is CC1(C)C(C=C(Cl)C(F)(F)Cl)C1C(=O)OCc1cccc(-c2ccccc2)c1. The van der Waals surface area contributed by atoms with Gasteiger partial charge in [0.1, 0.15) is 6.61 Å². The molecule has 0 saturated heterocycles. The van der Waals surface area contributed by atoms with Crippen molar-refractivity contribution in [2.24, 2.45) is 17.3 Å². The van der Waals surface area contributed by atoms with E-state index in [-0.39, 0.29) is 6.61 Å². The van der Waals surface area contributed by atoms with Gasteiger partial charge in [0.25, 0.3) is 0 Å². The van der Waals surface area contributed by atoms with Crippen molar-refractivity contribution in [1.82, 2.24) is 0 Å². The molecule has 0 bridgehead atoms. The Morgan fingerprint density at radius 3 is 2.43 bits per heavy atom. The van der Waals surface area contributed by atoms with Crippen molar-refractivity contribution in [3.05, 3.63) is 71.3 Å². The number of hydrogen-bond acceptors (Lipinski definition) is 2. The van der Waals surface area contributed by atoms with E-state index in [1.807, 2.05) is 68.4 Å². The Balaban J connectivity index is 1.65. The molecule has 2 unspecified atom stereocenters. The predicted octanol–water partition coefficient (Wildman–Crippen LogP) is 6.62. The molecule has 0 aromatic heterocycles. The first-order valence-corrected chi connectivity index (χ1v) is 9.62. The van der Waals surface area contributed by atoms with Crippen molar-refractivity contribution in [2.45, 2.75) is 25.8 Å². The minimum absolute atomic E-state index is 0.113. The van der Waals surface area contributed by atoms with E-state index in [0.717, 1.165) is 22.8 Å². The van der Waals surface area contributed by atoms with Crippen LogP contribution in [0.1, 0.15) is 19.4 Å². The number of halogens is 4. The maximum atomic E-state index is 13.1. The minimum Gasteiger partial charge on any atom is -0.461 e. The molecule has 2 nitrogen and oxygen atoms in total. The molecule has 0 N–H and O–H groups in total. The second-order valence-corrected chi connectivity index (χ2v) is 8.39. The molecule has 1 fully saturated rings. The molecule has 2 aromatic rings. The Bertz CT molecular complexity index is 889. The van der Waals surface area contributed by atoms with Crippen molar-refractivity contribution in [3.8, 4) is 11.1 Å². The van der Waals surface area contributed by atoms with Crippen molar-refractivity contribution >= 4 is 29.2 Å². The molecule has 1 saturated carbocycles. The molecule has 0 radical (unpaired) electrons. The number of carbonyl (C=O) groups is 1. The van der Waals surface area contributed by atoms with Crippen LogP contribution in [0.3, 0.4) is 0 Å². The van der Waals surface area contributed by atoms with Gasteiger partial charge in [-0.1, -0.05) is 80.1 Å². The predicted molar refractivity (Wildman–Crippen MR) is 107 cm³/mol. The fourth-order valence-corrected chi connectivity index (χ4v) is 3.61. The van der Waals surface area contributed by atoms with Gasteiger partial charge in [0.15, 0.2) is 0 Å². The lowest BCUT2D eigenvalue weighted by molar-refractivity contribution is -0.147. The number of ether oxygens (including phenoxy) is 1. The maximum Gasteiger partial charge on any atom is 0.358 e. The zero-order valence-corrected chi connectivity index (χ0v) is 17.0. The molecule has 0 amide bonds. The van der Waals surface area contributed by atoms with E-state index in [1.54, 1.807) is 0 Å². The molecule has 3 rings (SSSR count). The number of rotatable bonds is 6. The Labute approximate surface area is 173 Å². The molecule has 148 valence electrons. The van der Waals surface area contributed by atoms with Gasteiger partial charge in [0, 0.05) is 0 Å². The number of allylic oxidation sites excluding steroid dienone is 2. The largest absolute Gasteiger partial charge is 0.461 e. The maximum absolute atomic E-state index is 13.1. The lowest BCUT2D eigenvalue weighted by Crippen LogP contribution is -2.11. The monoisotopic (exact) mass is 424 g/mol. The van der Waals surface area contributed by atoms with Crippen LogP contribution in [-0.4, -0.2) is 11.4 Å². The summed E-state index contributed by atoms with van der Waals surface area (Å²) in [4.78, 5) is 12.5. The van der Waals surface area contributed by atoms with Gasteiger partial charge in [-0.25, -0.2) is 0 Å². The Morgan fingerprint density at radius 2 is 1.79 bits per heavy atom. The van der Waals surface area contributed by atoms with Crippen LogP contribution in [0.4, 0.5) is 8.78 Å². The highest BCUT2D eigenvalue weighted by atomic mass is 35.5. The average Bonchev–Trinajstić information content (AvgIpc) is 3.20. The zero-order chi connectivity index (χ0) is 20.5. The summed E-state index contributed by atoms with van der Waals surface area (Å²) in [6.07, 6.45) is 1.16. The molecule has 2 aromatic carbocycles. The summed E-state index contributed by atoms with van der Waals surface area (Å²) in [5.41, 5.74) is 2.44. The van der Waals surface area contributed by atoms with E-state index >= 15 is 0 Å². The number of carbonyl (C=O) groups excluding carboxylic acids is 1. The van der Waals surface area contributed by atoms with Crippen LogP contribution in [0.5, 0.6) is 0 Å². The molecule has 0 aliphatic heterocycles. The third-order valence-electron chi connectivity index (χ3n) is 5.18. The Kier molecular flexibility index (Phi) is 5.83. The average molecular weight is 425 g/mol. The smallest absolute Gasteiger partial charge is 0.358 e. The summed E-state index contributed by atoms with van der Waals surface area (Å²) in [7, 11) is 0. The summed E-state index contributed by atoms with van der Waals surface area (Å²) in [6.45, 7) is 3.74. The van der Waals surface area contributed by atoms with Gasteiger partial charge >= 0.3 is 11.4 Å². The molecule has 28 heavy (non-hydrogen) atoms. The van der Waals surface area contributed by atoms with Gasteiger partial charge in [-0.15, -0.1) is 0 Å². The molecular weight excluding hydrogens is 405 g/mol. The Hall–Kier alpha value is -1.91. The highest BCUT2D eigenvalue weighted by Crippen LogP contribution is 2.60. The number of hydrogen-bond donors (Lipinski definition) is 0. The van der Waals surface area contributed by atoms with Gasteiger partial charge in [-0.3, -0.25) is 4.79 Å². The number of esters is 1. The first-order chi connectivity index (χ1) is 13.1. The van der Waals surface area contributed by atoms with Gasteiger partial charge in [0.05, 0.1) is 11.0 Å². The molecule has 6 heteroatoms.